The van der Waals surface area contributed by atoms with Gasteiger partial charge in [-0.1, -0.05) is 11.8 Å². The van der Waals surface area contributed by atoms with Crippen LogP contribution in [0, 0.1) is 11.8 Å². The van der Waals surface area contributed by atoms with Gasteiger partial charge in [0.15, 0.2) is 0 Å². The van der Waals surface area contributed by atoms with E-state index in [0.29, 0.717) is 5.56 Å². The van der Waals surface area contributed by atoms with Gasteiger partial charge >= 0.3 is 0 Å². The maximum atomic E-state index is 12.0. The average Bonchev–Trinajstić information content (AvgIpc) is 2.45. The number of hydrogen-bond donors (Lipinski definition) is 2. The molecule has 21 heavy (non-hydrogen) atoms. The molecule has 7 nitrogen and oxygen atoms in total. The van der Waals surface area contributed by atoms with Crippen molar-refractivity contribution in [1.82, 2.24) is 14.6 Å². The van der Waals surface area contributed by atoms with E-state index in [2.05, 4.69) is 22.1 Å². The molecule has 0 aromatic carbocycles. The van der Waals surface area contributed by atoms with Crippen molar-refractivity contribution in [3.8, 4) is 11.8 Å². The summed E-state index contributed by atoms with van der Waals surface area (Å²) in [5, 5.41) is 2.52. The predicted octanol–water partition coefficient (Wildman–Crippen LogP) is -0.987. The summed E-state index contributed by atoms with van der Waals surface area (Å²) in [6.45, 7) is 0.177. The lowest BCUT2D eigenvalue weighted by Crippen LogP contribution is -2.34. The van der Waals surface area contributed by atoms with E-state index in [1.807, 2.05) is 0 Å². The SMILES string of the molecule is CN(C)S(=O)(=O)CCNC(=O)c1ncccc1C#CCN. The standard InChI is InChI=1S/C13H18N4O3S/c1-17(2)21(19,20)10-9-16-13(18)12-11(5-3-7-14)6-4-8-15-12/h4,6,8H,7,9-10,14H2,1-2H3,(H,16,18). The van der Waals surface area contributed by atoms with Crippen LogP contribution in [-0.2, 0) is 10.0 Å². The van der Waals surface area contributed by atoms with Crippen molar-refractivity contribution >= 4 is 15.9 Å². The van der Waals surface area contributed by atoms with E-state index in [9.17, 15) is 13.2 Å². The first-order valence-corrected chi connectivity index (χ1v) is 7.81. The van der Waals surface area contributed by atoms with E-state index in [0.717, 1.165) is 4.31 Å². The van der Waals surface area contributed by atoms with Gasteiger partial charge in [0.2, 0.25) is 10.0 Å². The number of aromatic nitrogens is 1. The molecule has 1 heterocycles. The van der Waals surface area contributed by atoms with Crippen LogP contribution in [0.1, 0.15) is 16.1 Å². The summed E-state index contributed by atoms with van der Waals surface area (Å²) in [7, 11) is -0.465. The molecule has 0 unspecified atom stereocenters. The van der Waals surface area contributed by atoms with E-state index >= 15 is 0 Å². The van der Waals surface area contributed by atoms with Gasteiger partial charge in [-0.15, -0.1) is 0 Å². The zero-order valence-corrected chi connectivity index (χ0v) is 12.8. The van der Waals surface area contributed by atoms with E-state index in [-0.39, 0.29) is 24.5 Å². The highest BCUT2D eigenvalue weighted by Crippen LogP contribution is 2.03. The van der Waals surface area contributed by atoms with Crippen LogP contribution in [-0.4, -0.2) is 56.6 Å². The zero-order chi connectivity index (χ0) is 15.9. The first kappa shape index (κ1) is 17.1. The second kappa shape index (κ2) is 7.73. The molecule has 0 radical (unpaired) electrons. The number of nitrogens with two attached hydrogens (primary N) is 1. The molecule has 0 aliphatic carbocycles. The normalized spacial score (nSPS) is 10.9. The molecule has 8 heteroatoms. The first-order chi connectivity index (χ1) is 9.88. The van der Waals surface area contributed by atoms with Crippen molar-refractivity contribution in [2.24, 2.45) is 5.73 Å². The Balaban J connectivity index is 2.73. The Morgan fingerprint density at radius 3 is 2.81 bits per heavy atom. The van der Waals surface area contributed by atoms with Gasteiger partial charge in [0.1, 0.15) is 5.69 Å². The topological polar surface area (TPSA) is 105 Å². The molecule has 0 aliphatic heterocycles. The molecule has 0 aliphatic rings. The maximum Gasteiger partial charge on any atom is 0.271 e. The first-order valence-electron chi connectivity index (χ1n) is 6.21. The lowest BCUT2D eigenvalue weighted by atomic mass is 10.2. The molecule has 1 aromatic heterocycles. The van der Waals surface area contributed by atoms with Gasteiger partial charge < -0.3 is 11.1 Å². The van der Waals surface area contributed by atoms with E-state index < -0.39 is 15.9 Å². The second-order valence-corrected chi connectivity index (χ2v) is 6.56. The molecule has 1 rings (SSSR count). The zero-order valence-electron chi connectivity index (χ0n) is 12.0. The lowest BCUT2D eigenvalue weighted by Gasteiger charge is -2.11. The highest BCUT2D eigenvalue weighted by molar-refractivity contribution is 7.89. The summed E-state index contributed by atoms with van der Waals surface area (Å²) < 4.78 is 24.3. The van der Waals surface area contributed by atoms with Gasteiger partial charge in [0.05, 0.1) is 17.9 Å². The molecular formula is C13H18N4O3S. The fourth-order valence-electron chi connectivity index (χ4n) is 1.39. The number of carbonyl (C=O) groups excluding carboxylic acids is 1. The number of nitrogens with one attached hydrogen (secondary N) is 1. The third-order valence-electron chi connectivity index (χ3n) is 2.55. The highest BCUT2D eigenvalue weighted by Gasteiger charge is 2.15. The minimum absolute atomic E-state index is 0.000319. The van der Waals surface area contributed by atoms with Crippen LogP contribution in [0.3, 0.4) is 0 Å². The average molecular weight is 310 g/mol. The van der Waals surface area contributed by atoms with Crippen LogP contribution < -0.4 is 11.1 Å². The largest absolute Gasteiger partial charge is 0.350 e. The fraction of sp³-hybridized carbons (Fsp3) is 0.385. The Morgan fingerprint density at radius 1 is 1.48 bits per heavy atom. The number of sulfonamides is 1. The van der Waals surface area contributed by atoms with E-state index in [1.54, 1.807) is 12.1 Å². The highest BCUT2D eigenvalue weighted by atomic mass is 32.2. The minimum atomic E-state index is -3.35. The smallest absolute Gasteiger partial charge is 0.271 e. The second-order valence-electron chi connectivity index (χ2n) is 4.26. The van der Waals surface area contributed by atoms with Crippen molar-refractivity contribution in [3.05, 3.63) is 29.6 Å². The van der Waals surface area contributed by atoms with Crippen molar-refractivity contribution < 1.29 is 13.2 Å². The maximum absolute atomic E-state index is 12.0. The van der Waals surface area contributed by atoms with Gasteiger partial charge in [-0.2, -0.15) is 0 Å². The Bertz CT molecular complexity index is 659. The molecule has 0 saturated heterocycles. The van der Waals surface area contributed by atoms with E-state index in [1.165, 1.54) is 20.3 Å². The molecule has 1 amide bonds. The van der Waals surface area contributed by atoms with Crippen molar-refractivity contribution in [2.75, 3.05) is 32.9 Å². The van der Waals surface area contributed by atoms with Crippen LogP contribution in [0.4, 0.5) is 0 Å². The van der Waals surface area contributed by atoms with Crippen LogP contribution in [0.15, 0.2) is 18.3 Å². The molecule has 0 atom stereocenters. The molecule has 0 spiro atoms. The number of pyridine rings is 1. The summed E-state index contributed by atoms with van der Waals surface area (Å²) >= 11 is 0. The minimum Gasteiger partial charge on any atom is -0.350 e. The molecular weight excluding hydrogens is 292 g/mol. The lowest BCUT2D eigenvalue weighted by molar-refractivity contribution is 0.0951. The number of hydrogen-bond acceptors (Lipinski definition) is 5. The Kier molecular flexibility index (Phi) is 6.30. The van der Waals surface area contributed by atoms with Gasteiger partial charge in [0.25, 0.3) is 5.91 Å². The predicted molar refractivity (Wildman–Crippen MR) is 80.0 cm³/mol. The third-order valence-corrected chi connectivity index (χ3v) is 4.38. The quantitative estimate of drug-likeness (QED) is 0.680. The summed E-state index contributed by atoms with van der Waals surface area (Å²) in [6, 6.07) is 3.31. The summed E-state index contributed by atoms with van der Waals surface area (Å²) in [6.07, 6.45) is 1.47. The van der Waals surface area contributed by atoms with Crippen molar-refractivity contribution in [1.29, 1.82) is 0 Å². The number of nitrogens with zero attached hydrogens (tertiary/aromatic N) is 2. The van der Waals surface area contributed by atoms with E-state index in [4.69, 9.17) is 5.73 Å². The number of carbonyl (C=O) groups is 1. The van der Waals surface area contributed by atoms with Gasteiger partial charge in [-0.05, 0) is 12.1 Å². The van der Waals surface area contributed by atoms with Crippen LogP contribution in [0.2, 0.25) is 0 Å². The molecule has 1 aromatic rings. The molecule has 3 N–H and O–H groups in total. The Hall–Kier alpha value is -1.95. The number of rotatable bonds is 5. The van der Waals surface area contributed by atoms with Gasteiger partial charge in [-0.25, -0.2) is 17.7 Å². The monoisotopic (exact) mass is 310 g/mol. The van der Waals surface area contributed by atoms with Crippen LogP contribution in [0.5, 0.6) is 0 Å². The Morgan fingerprint density at radius 2 is 2.19 bits per heavy atom. The summed E-state index contributed by atoms with van der Waals surface area (Å²) in [4.78, 5) is 16.0. The fourth-order valence-corrected chi connectivity index (χ4v) is 2.12. The molecule has 0 fully saturated rings. The van der Waals surface area contributed by atoms with Crippen LogP contribution >= 0.6 is 0 Å². The van der Waals surface area contributed by atoms with Gasteiger partial charge in [-0.3, -0.25) is 4.79 Å². The van der Waals surface area contributed by atoms with Gasteiger partial charge in [0, 0.05) is 26.8 Å². The number of amides is 1. The summed E-state index contributed by atoms with van der Waals surface area (Å²) in [5.41, 5.74) is 5.90. The molecule has 0 saturated carbocycles. The third kappa shape index (κ3) is 5.15. The Labute approximate surface area is 124 Å². The summed E-state index contributed by atoms with van der Waals surface area (Å²) in [5.74, 6) is 4.76. The van der Waals surface area contributed by atoms with Crippen LogP contribution in [0.25, 0.3) is 0 Å². The molecule has 0 bridgehead atoms. The molecule has 114 valence electrons. The van der Waals surface area contributed by atoms with Crippen molar-refractivity contribution in [2.45, 2.75) is 0 Å². The van der Waals surface area contributed by atoms with Crippen molar-refractivity contribution in [3.63, 3.8) is 0 Å².